The number of nitrogens with zero attached hydrogens (tertiary/aromatic N) is 2. The molecule has 0 bridgehead atoms. The van der Waals surface area contributed by atoms with Crippen molar-refractivity contribution in [3.63, 3.8) is 0 Å². The summed E-state index contributed by atoms with van der Waals surface area (Å²) in [6.45, 7) is 2.76. The summed E-state index contributed by atoms with van der Waals surface area (Å²) in [7, 11) is 1.93. The van der Waals surface area contributed by atoms with Gasteiger partial charge in [0.15, 0.2) is 0 Å². The first kappa shape index (κ1) is 12.3. The number of aromatic nitrogens is 2. The lowest BCUT2D eigenvalue weighted by Gasteiger charge is -2.07. The molecule has 3 nitrogen and oxygen atoms in total. The molecule has 1 aromatic carbocycles. The largest absolute Gasteiger partial charge is 0.381 e. The van der Waals surface area contributed by atoms with E-state index in [0.717, 1.165) is 17.9 Å². The van der Waals surface area contributed by atoms with Gasteiger partial charge in [0.2, 0.25) is 0 Å². The molecule has 0 saturated carbocycles. The van der Waals surface area contributed by atoms with Crippen LogP contribution in [0.5, 0.6) is 0 Å². The molecule has 2 rings (SSSR count). The highest BCUT2D eigenvalue weighted by molar-refractivity contribution is 6.42. The first-order valence-corrected chi connectivity index (χ1v) is 6.00. The first-order valence-electron chi connectivity index (χ1n) is 5.24. The van der Waals surface area contributed by atoms with E-state index >= 15 is 0 Å². The summed E-state index contributed by atoms with van der Waals surface area (Å²) < 4.78 is 1.85. The van der Waals surface area contributed by atoms with Gasteiger partial charge in [0.25, 0.3) is 0 Å². The second-order valence-electron chi connectivity index (χ2n) is 3.86. The summed E-state index contributed by atoms with van der Waals surface area (Å²) in [4.78, 5) is 0. The molecule has 1 aromatic heterocycles. The first-order chi connectivity index (χ1) is 8.08. The third-order valence-corrected chi connectivity index (χ3v) is 3.48. The van der Waals surface area contributed by atoms with Crippen LogP contribution in [0.15, 0.2) is 24.4 Å². The van der Waals surface area contributed by atoms with Crippen LogP contribution in [-0.2, 0) is 13.6 Å². The lowest BCUT2D eigenvalue weighted by atomic mass is 10.2. The molecule has 1 N–H and O–H groups in total. The van der Waals surface area contributed by atoms with Crippen molar-refractivity contribution >= 4 is 28.9 Å². The van der Waals surface area contributed by atoms with Gasteiger partial charge in [0.1, 0.15) is 0 Å². The monoisotopic (exact) mass is 269 g/mol. The summed E-state index contributed by atoms with van der Waals surface area (Å²) in [6, 6.07) is 5.50. The normalized spacial score (nSPS) is 10.6. The SMILES string of the molecule is Cc1c(CNc2ccc(Cl)c(Cl)c2)cnn1C. The molecule has 0 radical (unpaired) electrons. The number of halogens is 2. The van der Waals surface area contributed by atoms with Crippen LogP contribution in [-0.4, -0.2) is 9.78 Å². The van der Waals surface area contributed by atoms with Crippen molar-refractivity contribution in [2.75, 3.05) is 5.32 Å². The Morgan fingerprint density at radius 2 is 2.06 bits per heavy atom. The number of benzene rings is 1. The quantitative estimate of drug-likeness (QED) is 0.922. The molecule has 0 aliphatic rings. The van der Waals surface area contributed by atoms with E-state index in [0.29, 0.717) is 10.0 Å². The van der Waals surface area contributed by atoms with Crippen LogP contribution < -0.4 is 5.32 Å². The van der Waals surface area contributed by atoms with Gasteiger partial charge in [-0.3, -0.25) is 4.68 Å². The van der Waals surface area contributed by atoms with Crippen molar-refractivity contribution in [3.05, 3.63) is 45.7 Å². The third-order valence-electron chi connectivity index (χ3n) is 2.74. The maximum absolute atomic E-state index is 5.94. The van der Waals surface area contributed by atoms with Gasteiger partial charge in [-0.2, -0.15) is 5.10 Å². The molecule has 0 atom stereocenters. The number of rotatable bonds is 3. The van der Waals surface area contributed by atoms with Crippen LogP contribution in [0.2, 0.25) is 10.0 Å². The Bertz CT molecular complexity index is 535. The highest BCUT2D eigenvalue weighted by Gasteiger charge is 2.04. The Labute approximate surface area is 110 Å². The smallest absolute Gasteiger partial charge is 0.0612 e. The number of hydrogen-bond acceptors (Lipinski definition) is 2. The summed E-state index contributed by atoms with van der Waals surface area (Å²) in [5.74, 6) is 0. The summed E-state index contributed by atoms with van der Waals surface area (Å²) in [5, 5.41) is 8.60. The third kappa shape index (κ3) is 2.73. The van der Waals surface area contributed by atoms with E-state index in [2.05, 4.69) is 10.4 Å². The zero-order chi connectivity index (χ0) is 12.4. The van der Waals surface area contributed by atoms with Gasteiger partial charge in [-0.1, -0.05) is 23.2 Å². The Hall–Kier alpha value is -1.19. The lowest BCUT2D eigenvalue weighted by Crippen LogP contribution is -2.01. The second-order valence-corrected chi connectivity index (χ2v) is 4.68. The molecule has 2 aromatic rings. The van der Waals surface area contributed by atoms with Crippen LogP contribution >= 0.6 is 23.2 Å². The second kappa shape index (κ2) is 4.98. The maximum atomic E-state index is 5.94. The van der Waals surface area contributed by atoms with E-state index in [9.17, 15) is 0 Å². The van der Waals surface area contributed by atoms with E-state index in [1.54, 1.807) is 6.07 Å². The number of aryl methyl sites for hydroxylation is 1. The van der Waals surface area contributed by atoms with E-state index in [1.807, 2.05) is 37.0 Å². The predicted octanol–water partition coefficient (Wildman–Crippen LogP) is 3.65. The molecule has 0 fully saturated rings. The molecular formula is C12H13Cl2N3. The van der Waals surface area contributed by atoms with Crippen LogP contribution in [0.1, 0.15) is 11.3 Å². The summed E-state index contributed by atoms with van der Waals surface area (Å²) in [6.07, 6.45) is 1.86. The summed E-state index contributed by atoms with van der Waals surface area (Å²) in [5.41, 5.74) is 3.26. The van der Waals surface area contributed by atoms with Crippen molar-refractivity contribution in [1.29, 1.82) is 0 Å². The number of anilines is 1. The lowest BCUT2D eigenvalue weighted by molar-refractivity contribution is 0.738. The molecule has 5 heteroatoms. The fourth-order valence-electron chi connectivity index (χ4n) is 1.52. The van der Waals surface area contributed by atoms with Crippen molar-refractivity contribution in [2.45, 2.75) is 13.5 Å². The highest BCUT2D eigenvalue weighted by atomic mass is 35.5. The fraction of sp³-hybridized carbons (Fsp3) is 0.250. The Morgan fingerprint density at radius 3 is 2.65 bits per heavy atom. The van der Waals surface area contributed by atoms with Crippen LogP contribution in [0.4, 0.5) is 5.69 Å². The molecule has 0 aliphatic heterocycles. The van der Waals surface area contributed by atoms with Crippen molar-refractivity contribution in [2.24, 2.45) is 7.05 Å². The molecule has 0 spiro atoms. The summed E-state index contributed by atoms with van der Waals surface area (Å²) >= 11 is 11.8. The van der Waals surface area contributed by atoms with Crippen molar-refractivity contribution in [1.82, 2.24) is 9.78 Å². The zero-order valence-corrected chi connectivity index (χ0v) is 11.2. The van der Waals surface area contributed by atoms with Crippen LogP contribution in [0, 0.1) is 6.92 Å². The molecule has 1 heterocycles. The molecule has 90 valence electrons. The topological polar surface area (TPSA) is 29.9 Å². The van der Waals surface area contributed by atoms with Gasteiger partial charge in [0, 0.05) is 30.5 Å². The maximum Gasteiger partial charge on any atom is 0.0612 e. The van der Waals surface area contributed by atoms with Gasteiger partial charge < -0.3 is 5.32 Å². The molecular weight excluding hydrogens is 257 g/mol. The average Bonchev–Trinajstić information content (AvgIpc) is 2.62. The minimum absolute atomic E-state index is 0.555. The highest BCUT2D eigenvalue weighted by Crippen LogP contribution is 2.25. The van der Waals surface area contributed by atoms with E-state index in [1.165, 1.54) is 5.56 Å². The zero-order valence-electron chi connectivity index (χ0n) is 9.67. The molecule has 17 heavy (non-hydrogen) atoms. The molecule has 0 amide bonds. The van der Waals surface area contributed by atoms with E-state index in [-0.39, 0.29) is 0 Å². The van der Waals surface area contributed by atoms with Gasteiger partial charge in [-0.25, -0.2) is 0 Å². The van der Waals surface area contributed by atoms with Crippen molar-refractivity contribution < 1.29 is 0 Å². The standard InChI is InChI=1S/C12H13Cl2N3/c1-8-9(7-16-17(8)2)6-15-10-3-4-11(13)12(14)5-10/h3-5,7,15H,6H2,1-2H3. The predicted molar refractivity (Wildman–Crippen MR) is 71.7 cm³/mol. The van der Waals surface area contributed by atoms with E-state index < -0.39 is 0 Å². The van der Waals surface area contributed by atoms with Gasteiger partial charge in [0.05, 0.1) is 16.2 Å². The van der Waals surface area contributed by atoms with E-state index in [4.69, 9.17) is 23.2 Å². The number of hydrogen-bond donors (Lipinski definition) is 1. The number of nitrogens with one attached hydrogen (secondary N) is 1. The molecule has 0 aliphatic carbocycles. The fourth-order valence-corrected chi connectivity index (χ4v) is 1.82. The van der Waals surface area contributed by atoms with Crippen molar-refractivity contribution in [3.8, 4) is 0 Å². The van der Waals surface area contributed by atoms with Crippen LogP contribution in [0.3, 0.4) is 0 Å². The molecule has 0 saturated heterocycles. The Kier molecular flexibility index (Phi) is 3.60. The minimum Gasteiger partial charge on any atom is -0.381 e. The Balaban J connectivity index is 2.07. The average molecular weight is 270 g/mol. The van der Waals surface area contributed by atoms with Gasteiger partial charge >= 0.3 is 0 Å². The Morgan fingerprint density at radius 1 is 1.29 bits per heavy atom. The van der Waals surface area contributed by atoms with Crippen LogP contribution in [0.25, 0.3) is 0 Å². The van der Waals surface area contributed by atoms with Gasteiger partial charge in [-0.05, 0) is 25.1 Å². The molecule has 0 unspecified atom stereocenters. The minimum atomic E-state index is 0.555. The van der Waals surface area contributed by atoms with Gasteiger partial charge in [-0.15, -0.1) is 0 Å².